The van der Waals surface area contributed by atoms with Gasteiger partial charge >= 0.3 is 0 Å². The van der Waals surface area contributed by atoms with Gasteiger partial charge in [0.2, 0.25) is 5.88 Å². The third kappa shape index (κ3) is 3.99. The highest BCUT2D eigenvalue weighted by Gasteiger charge is 2.05. The fourth-order valence-electron chi connectivity index (χ4n) is 1.59. The molecule has 0 saturated heterocycles. The second kappa shape index (κ2) is 6.43. The van der Waals surface area contributed by atoms with Gasteiger partial charge in [0.05, 0.1) is 18.1 Å². The van der Waals surface area contributed by atoms with E-state index < -0.39 is 0 Å². The van der Waals surface area contributed by atoms with Crippen LogP contribution in [0.25, 0.3) is 0 Å². The molecule has 0 aliphatic heterocycles. The molecule has 1 aromatic heterocycles. The fraction of sp³-hybridized carbons (Fsp3) is 0.333. The molecule has 0 aliphatic rings. The molecule has 0 atom stereocenters. The van der Waals surface area contributed by atoms with E-state index in [1.54, 1.807) is 18.5 Å². The van der Waals surface area contributed by atoms with Gasteiger partial charge in [-0.2, -0.15) is 0 Å². The topological polar surface area (TPSA) is 47.0 Å². The van der Waals surface area contributed by atoms with Crippen LogP contribution < -0.4 is 10.1 Å². The van der Waals surface area contributed by atoms with Gasteiger partial charge in [-0.3, -0.25) is 4.98 Å². The molecule has 5 heteroatoms. The molecule has 106 valence electrons. The highest BCUT2D eigenvalue weighted by molar-refractivity contribution is 5.35. The van der Waals surface area contributed by atoms with Crippen molar-refractivity contribution in [3.05, 3.63) is 47.7 Å². The van der Waals surface area contributed by atoms with Gasteiger partial charge in [-0.1, -0.05) is 19.9 Å². The Bertz CT molecular complexity index is 570. The third-order valence-corrected chi connectivity index (χ3v) is 2.74. The molecule has 20 heavy (non-hydrogen) atoms. The molecule has 2 aromatic rings. The van der Waals surface area contributed by atoms with Gasteiger partial charge in [-0.15, -0.1) is 0 Å². The number of aryl methyl sites for hydroxylation is 1. The van der Waals surface area contributed by atoms with Gasteiger partial charge in [0.1, 0.15) is 11.6 Å². The van der Waals surface area contributed by atoms with E-state index in [1.165, 1.54) is 12.1 Å². The predicted octanol–water partition coefficient (Wildman–Crippen LogP) is 3.21. The van der Waals surface area contributed by atoms with Gasteiger partial charge in [-0.05, 0) is 18.6 Å². The fourth-order valence-corrected chi connectivity index (χ4v) is 1.59. The van der Waals surface area contributed by atoms with Crippen LogP contribution in [0.5, 0.6) is 11.6 Å². The van der Waals surface area contributed by atoms with Crippen LogP contribution in [0.2, 0.25) is 0 Å². The lowest BCUT2D eigenvalue weighted by atomic mass is 10.2. The standard InChI is InChI=1S/C15H18FN3O/c1-10(2)17-7-13-8-19-15(9-18-13)20-14-6-12(16)5-4-11(14)3/h4-6,8-10,17H,7H2,1-3H3. The van der Waals surface area contributed by atoms with Crippen molar-refractivity contribution in [2.24, 2.45) is 0 Å². The Balaban J connectivity index is 2.05. The average Bonchev–Trinajstić information content (AvgIpc) is 2.42. The molecule has 0 bridgehead atoms. The number of rotatable bonds is 5. The van der Waals surface area contributed by atoms with Gasteiger partial charge < -0.3 is 10.1 Å². The van der Waals surface area contributed by atoms with Crippen LogP contribution in [-0.2, 0) is 6.54 Å². The zero-order valence-corrected chi connectivity index (χ0v) is 11.9. The maximum Gasteiger partial charge on any atom is 0.237 e. The van der Waals surface area contributed by atoms with Crippen molar-refractivity contribution in [3.8, 4) is 11.6 Å². The molecule has 2 rings (SSSR count). The van der Waals surface area contributed by atoms with E-state index in [4.69, 9.17) is 4.74 Å². The molecule has 1 aromatic carbocycles. The summed E-state index contributed by atoms with van der Waals surface area (Å²) in [5.41, 5.74) is 1.68. The van der Waals surface area contributed by atoms with Gasteiger partial charge in [-0.25, -0.2) is 9.37 Å². The first kappa shape index (κ1) is 14.4. The summed E-state index contributed by atoms with van der Waals surface area (Å²) in [5.74, 6) is 0.468. The number of halogens is 1. The number of benzene rings is 1. The zero-order chi connectivity index (χ0) is 14.5. The molecule has 1 heterocycles. The van der Waals surface area contributed by atoms with Crippen molar-refractivity contribution in [3.63, 3.8) is 0 Å². The van der Waals surface area contributed by atoms with Crippen LogP contribution in [0.4, 0.5) is 4.39 Å². The van der Waals surface area contributed by atoms with E-state index in [-0.39, 0.29) is 5.82 Å². The predicted molar refractivity (Wildman–Crippen MR) is 75.2 cm³/mol. The van der Waals surface area contributed by atoms with E-state index in [0.717, 1.165) is 11.3 Å². The summed E-state index contributed by atoms with van der Waals surface area (Å²) in [6.45, 7) is 6.64. The first-order valence-corrected chi connectivity index (χ1v) is 6.53. The second-order valence-corrected chi connectivity index (χ2v) is 4.89. The lowest BCUT2D eigenvalue weighted by Gasteiger charge is -2.09. The number of aromatic nitrogens is 2. The first-order valence-electron chi connectivity index (χ1n) is 6.53. The molecular weight excluding hydrogens is 257 g/mol. The van der Waals surface area contributed by atoms with Crippen LogP contribution in [0.15, 0.2) is 30.6 Å². The van der Waals surface area contributed by atoms with Crippen molar-refractivity contribution in [1.82, 2.24) is 15.3 Å². The lowest BCUT2D eigenvalue weighted by Crippen LogP contribution is -2.22. The number of hydrogen-bond donors (Lipinski definition) is 1. The van der Waals surface area contributed by atoms with Crippen molar-refractivity contribution >= 4 is 0 Å². The Morgan fingerprint density at radius 2 is 2.05 bits per heavy atom. The van der Waals surface area contributed by atoms with E-state index in [9.17, 15) is 4.39 Å². The van der Waals surface area contributed by atoms with Gasteiger partial charge in [0.15, 0.2) is 0 Å². The normalized spacial score (nSPS) is 10.8. The first-order chi connectivity index (χ1) is 9.54. The molecular formula is C15H18FN3O. The molecule has 0 spiro atoms. The highest BCUT2D eigenvalue weighted by atomic mass is 19.1. The Morgan fingerprint density at radius 1 is 1.25 bits per heavy atom. The third-order valence-electron chi connectivity index (χ3n) is 2.74. The molecule has 0 saturated carbocycles. The smallest absolute Gasteiger partial charge is 0.237 e. The summed E-state index contributed by atoms with van der Waals surface area (Å²) in [4.78, 5) is 8.43. The van der Waals surface area contributed by atoms with Crippen LogP contribution in [-0.4, -0.2) is 16.0 Å². The van der Waals surface area contributed by atoms with Crippen molar-refractivity contribution < 1.29 is 9.13 Å². The SMILES string of the molecule is Cc1ccc(F)cc1Oc1cnc(CNC(C)C)cn1. The summed E-state index contributed by atoms with van der Waals surface area (Å²) >= 11 is 0. The lowest BCUT2D eigenvalue weighted by molar-refractivity contribution is 0.450. The Labute approximate surface area is 118 Å². The summed E-state index contributed by atoms with van der Waals surface area (Å²) < 4.78 is 18.7. The minimum Gasteiger partial charge on any atom is -0.437 e. The Kier molecular flexibility index (Phi) is 4.63. The van der Waals surface area contributed by atoms with Crippen LogP contribution in [0.1, 0.15) is 25.1 Å². The number of ether oxygens (including phenoxy) is 1. The van der Waals surface area contributed by atoms with E-state index >= 15 is 0 Å². The van der Waals surface area contributed by atoms with E-state index in [0.29, 0.717) is 24.2 Å². The molecule has 0 aliphatic carbocycles. The number of nitrogens with one attached hydrogen (secondary N) is 1. The molecule has 0 fully saturated rings. The number of nitrogens with zero attached hydrogens (tertiary/aromatic N) is 2. The molecule has 0 unspecified atom stereocenters. The monoisotopic (exact) mass is 275 g/mol. The minimum atomic E-state index is -0.337. The van der Waals surface area contributed by atoms with Crippen LogP contribution >= 0.6 is 0 Å². The Hall–Kier alpha value is -2.01. The van der Waals surface area contributed by atoms with E-state index in [2.05, 4.69) is 29.1 Å². The molecule has 4 nitrogen and oxygen atoms in total. The maximum absolute atomic E-state index is 13.2. The number of hydrogen-bond acceptors (Lipinski definition) is 4. The van der Waals surface area contributed by atoms with Crippen LogP contribution in [0, 0.1) is 12.7 Å². The van der Waals surface area contributed by atoms with E-state index in [1.807, 2.05) is 6.92 Å². The summed E-state index contributed by atoms with van der Waals surface area (Å²) in [6.07, 6.45) is 3.20. The second-order valence-electron chi connectivity index (χ2n) is 4.89. The molecule has 0 radical (unpaired) electrons. The maximum atomic E-state index is 13.2. The van der Waals surface area contributed by atoms with Crippen molar-refractivity contribution in [2.45, 2.75) is 33.4 Å². The quantitative estimate of drug-likeness (QED) is 0.910. The zero-order valence-electron chi connectivity index (χ0n) is 11.9. The molecule has 1 N–H and O–H groups in total. The van der Waals surface area contributed by atoms with Gasteiger partial charge in [0.25, 0.3) is 0 Å². The largest absolute Gasteiger partial charge is 0.437 e. The average molecular weight is 275 g/mol. The minimum absolute atomic E-state index is 0.337. The van der Waals surface area contributed by atoms with Gasteiger partial charge in [0, 0.05) is 18.7 Å². The van der Waals surface area contributed by atoms with Crippen molar-refractivity contribution in [2.75, 3.05) is 0 Å². The van der Waals surface area contributed by atoms with Crippen LogP contribution in [0.3, 0.4) is 0 Å². The Morgan fingerprint density at radius 3 is 2.70 bits per heavy atom. The summed E-state index contributed by atoms with van der Waals surface area (Å²) in [6, 6.07) is 4.79. The molecule has 0 amide bonds. The highest BCUT2D eigenvalue weighted by Crippen LogP contribution is 2.23. The summed E-state index contributed by atoms with van der Waals surface area (Å²) in [7, 11) is 0. The van der Waals surface area contributed by atoms with Crippen molar-refractivity contribution in [1.29, 1.82) is 0 Å². The summed E-state index contributed by atoms with van der Waals surface area (Å²) in [5, 5.41) is 3.25.